The van der Waals surface area contributed by atoms with E-state index in [0.29, 0.717) is 0 Å². The molecule has 0 radical (unpaired) electrons. The Morgan fingerprint density at radius 3 is 2.26 bits per heavy atom. The summed E-state index contributed by atoms with van der Waals surface area (Å²) in [6.07, 6.45) is 3.33. The molecule has 0 spiro atoms. The molecule has 0 aromatic carbocycles. The van der Waals surface area contributed by atoms with Gasteiger partial charge in [-0.3, -0.25) is 4.99 Å². The highest BCUT2D eigenvalue weighted by Crippen LogP contribution is 1.88. The number of nitrogens with zero attached hydrogens (tertiary/aromatic N) is 2. The zero-order valence-electron chi connectivity index (χ0n) is 12.9. The van der Waals surface area contributed by atoms with Crippen LogP contribution in [0.1, 0.15) is 26.2 Å². The monoisotopic (exact) mass is 386 g/mol. The molecular formula is C13H31IN4O. The number of halogens is 1. The Kier molecular flexibility index (Phi) is 17.8. The van der Waals surface area contributed by atoms with E-state index >= 15 is 0 Å². The Morgan fingerprint density at radius 2 is 1.74 bits per heavy atom. The summed E-state index contributed by atoms with van der Waals surface area (Å²) in [5.41, 5.74) is 0. The fourth-order valence-electron chi connectivity index (χ4n) is 1.50. The van der Waals surface area contributed by atoms with Crippen molar-refractivity contribution in [2.24, 2.45) is 4.99 Å². The molecule has 0 aliphatic heterocycles. The van der Waals surface area contributed by atoms with Crippen LogP contribution in [0.2, 0.25) is 0 Å². The molecule has 19 heavy (non-hydrogen) atoms. The van der Waals surface area contributed by atoms with E-state index in [4.69, 9.17) is 4.74 Å². The van der Waals surface area contributed by atoms with Gasteiger partial charge in [-0.05, 0) is 46.8 Å². The van der Waals surface area contributed by atoms with E-state index in [9.17, 15) is 0 Å². The zero-order valence-corrected chi connectivity index (χ0v) is 15.2. The molecule has 0 aromatic rings. The average Bonchev–Trinajstić information content (AvgIpc) is 2.35. The summed E-state index contributed by atoms with van der Waals surface area (Å²) in [7, 11) is 5.98. The number of aliphatic imine (C=N–C) groups is 1. The Labute approximate surface area is 135 Å². The molecule has 0 rings (SSSR count). The molecule has 0 atom stereocenters. The number of ether oxygens (including phenoxy) is 1. The van der Waals surface area contributed by atoms with Crippen LogP contribution in [0.5, 0.6) is 0 Å². The fourth-order valence-corrected chi connectivity index (χ4v) is 1.50. The van der Waals surface area contributed by atoms with Crippen LogP contribution in [0.3, 0.4) is 0 Å². The predicted octanol–water partition coefficient (Wildman–Crippen LogP) is 1.54. The van der Waals surface area contributed by atoms with E-state index in [-0.39, 0.29) is 24.0 Å². The minimum Gasteiger partial charge on any atom is -0.382 e. The van der Waals surface area contributed by atoms with Gasteiger partial charge in [-0.25, -0.2) is 0 Å². The summed E-state index contributed by atoms with van der Waals surface area (Å²) in [4.78, 5) is 6.37. The van der Waals surface area contributed by atoms with E-state index in [2.05, 4.69) is 34.6 Å². The van der Waals surface area contributed by atoms with Crippen LogP contribution in [0.25, 0.3) is 0 Å². The standard InChI is InChI=1S/C13H30N4O.HI/c1-5-18-12-7-6-9-15-13(14-2)16-10-8-11-17(3)4;/h5-12H2,1-4H3,(H2,14,15,16);1H. The second-order valence-corrected chi connectivity index (χ2v) is 4.49. The average molecular weight is 386 g/mol. The van der Waals surface area contributed by atoms with Gasteiger partial charge in [0, 0.05) is 33.4 Å². The van der Waals surface area contributed by atoms with Crippen molar-refractivity contribution < 1.29 is 4.74 Å². The van der Waals surface area contributed by atoms with Crippen LogP contribution in [0.15, 0.2) is 4.99 Å². The normalized spacial score (nSPS) is 11.3. The van der Waals surface area contributed by atoms with E-state index in [1.807, 2.05) is 14.0 Å². The Bertz CT molecular complexity index is 213. The molecule has 0 saturated heterocycles. The first kappa shape index (κ1) is 21.2. The van der Waals surface area contributed by atoms with Crippen molar-refractivity contribution in [3.63, 3.8) is 0 Å². The minimum absolute atomic E-state index is 0. The largest absolute Gasteiger partial charge is 0.382 e. The molecule has 0 saturated carbocycles. The number of hydrogen-bond donors (Lipinski definition) is 2. The number of guanidine groups is 1. The second kappa shape index (κ2) is 16.0. The van der Waals surface area contributed by atoms with Crippen molar-refractivity contribution in [1.82, 2.24) is 15.5 Å². The first-order valence-electron chi connectivity index (χ1n) is 6.87. The third-order valence-electron chi connectivity index (χ3n) is 2.51. The minimum atomic E-state index is 0. The third-order valence-corrected chi connectivity index (χ3v) is 2.51. The fraction of sp³-hybridized carbons (Fsp3) is 0.923. The van der Waals surface area contributed by atoms with Gasteiger partial charge in [0.25, 0.3) is 0 Å². The summed E-state index contributed by atoms with van der Waals surface area (Å²) < 4.78 is 5.29. The smallest absolute Gasteiger partial charge is 0.190 e. The lowest BCUT2D eigenvalue weighted by Crippen LogP contribution is -2.38. The highest BCUT2D eigenvalue weighted by atomic mass is 127. The van der Waals surface area contributed by atoms with Gasteiger partial charge in [-0.15, -0.1) is 24.0 Å². The maximum Gasteiger partial charge on any atom is 0.190 e. The van der Waals surface area contributed by atoms with Crippen molar-refractivity contribution in [2.45, 2.75) is 26.2 Å². The SMILES string of the molecule is CCOCCCCNC(=NC)NCCCN(C)C.I. The molecule has 0 unspecified atom stereocenters. The van der Waals surface area contributed by atoms with Gasteiger partial charge in [0.1, 0.15) is 0 Å². The number of nitrogens with one attached hydrogen (secondary N) is 2. The lowest BCUT2D eigenvalue weighted by Gasteiger charge is -2.13. The van der Waals surface area contributed by atoms with Crippen molar-refractivity contribution in [3.8, 4) is 0 Å². The molecule has 0 fully saturated rings. The molecule has 0 heterocycles. The van der Waals surface area contributed by atoms with E-state index in [0.717, 1.165) is 58.1 Å². The maximum atomic E-state index is 5.29. The molecule has 0 aliphatic carbocycles. The summed E-state index contributed by atoms with van der Waals surface area (Å²) in [6.45, 7) is 6.68. The molecule has 6 heteroatoms. The molecule has 2 N–H and O–H groups in total. The lowest BCUT2D eigenvalue weighted by atomic mass is 10.3. The predicted molar refractivity (Wildman–Crippen MR) is 93.7 cm³/mol. The summed E-state index contributed by atoms with van der Waals surface area (Å²) >= 11 is 0. The van der Waals surface area contributed by atoms with Gasteiger partial charge in [0.2, 0.25) is 0 Å². The first-order valence-corrected chi connectivity index (χ1v) is 6.87. The number of hydrogen-bond acceptors (Lipinski definition) is 3. The maximum absolute atomic E-state index is 5.29. The Morgan fingerprint density at radius 1 is 1.11 bits per heavy atom. The molecule has 0 bridgehead atoms. The number of unbranched alkanes of at least 4 members (excludes halogenated alkanes) is 1. The molecule has 5 nitrogen and oxygen atoms in total. The van der Waals surface area contributed by atoms with Gasteiger partial charge in [0.15, 0.2) is 5.96 Å². The Hall–Kier alpha value is -0.0800. The number of rotatable bonds is 10. The summed E-state index contributed by atoms with van der Waals surface area (Å²) in [5, 5.41) is 6.61. The Balaban J connectivity index is 0. The van der Waals surface area contributed by atoms with Gasteiger partial charge >= 0.3 is 0 Å². The van der Waals surface area contributed by atoms with Crippen molar-refractivity contribution >= 4 is 29.9 Å². The van der Waals surface area contributed by atoms with Gasteiger partial charge < -0.3 is 20.3 Å². The first-order chi connectivity index (χ1) is 8.70. The van der Waals surface area contributed by atoms with Crippen LogP contribution in [-0.2, 0) is 4.74 Å². The van der Waals surface area contributed by atoms with Gasteiger partial charge in [0.05, 0.1) is 0 Å². The van der Waals surface area contributed by atoms with Crippen LogP contribution in [-0.4, -0.2) is 64.9 Å². The topological polar surface area (TPSA) is 48.9 Å². The van der Waals surface area contributed by atoms with Crippen molar-refractivity contribution in [1.29, 1.82) is 0 Å². The van der Waals surface area contributed by atoms with Crippen molar-refractivity contribution in [3.05, 3.63) is 0 Å². The quantitative estimate of drug-likeness (QED) is 0.259. The van der Waals surface area contributed by atoms with E-state index in [1.54, 1.807) is 0 Å². The highest BCUT2D eigenvalue weighted by Gasteiger charge is 1.97. The van der Waals surface area contributed by atoms with Gasteiger partial charge in [-0.1, -0.05) is 0 Å². The summed E-state index contributed by atoms with van der Waals surface area (Å²) in [6, 6.07) is 0. The van der Waals surface area contributed by atoms with Crippen LogP contribution >= 0.6 is 24.0 Å². The van der Waals surface area contributed by atoms with Gasteiger partial charge in [-0.2, -0.15) is 0 Å². The highest BCUT2D eigenvalue weighted by molar-refractivity contribution is 14.0. The van der Waals surface area contributed by atoms with Crippen LogP contribution in [0.4, 0.5) is 0 Å². The molecule has 0 amide bonds. The van der Waals surface area contributed by atoms with E-state index in [1.165, 1.54) is 0 Å². The zero-order chi connectivity index (χ0) is 13.6. The third kappa shape index (κ3) is 15.9. The van der Waals surface area contributed by atoms with Crippen LogP contribution in [0, 0.1) is 0 Å². The molecular weight excluding hydrogens is 355 g/mol. The molecule has 0 aromatic heterocycles. The molecule has 116 valence electrons. The second-order valence-electron chi connectivity index (χ2n) is 4.49. The van der Waals surface area contributed by atoms with Crippen molar-refractivity contribution in [2.75, 3.05) is 54.0 Å². The van der Waals surface area contributed by atoms with E-state index < -0.39 is 0 Å². The summed E-state index contributed by atoms with van der Waals surface area (Å²) in [5.74, 6) is 0.894. The molecule has 0 aliphatic rings. The lowest BCUT2D eigenvalue weighted by molar-refractivity contribution is 0.143. The van der Waals surface area contributed by atoms with Crippen LogP contribution < -0.4 is 10.6 Å².